The van der Waals surface area contributed by atoms with Gasteiger partial charge < -0.3 is 28.8 Å². The summed E-state index contributed by atoms with van der Waals surface area (Å²) in [5.41, 5.74) is 0.914. The molecule has 1 aromatic rings. The van der Waals surface area contributed by atoms with Crippen molar-refractivity contribution in [1.82, 2.24) is 0 Å². The van der Waals surface area contributed by atoms with Crippen molar-refractivity contribution in [3.63, 3.8) is 0 Å². The third-order valence-corrected chi connectivity index (χ3v) is 3.91. The number of benzene rings is 1. The molecule has 0 radical (unpaired) electrons. The van der Waals surface area contributed by atoms with Gasteiger partial charge in [0.2, 0.25) is 0 Å². The van der Waals surface area contributed by atoms with E-state index >= 15 is 0 Å². The summed E-state index contributed by atoms with van der Waals surface area (Å²) in [6.45, 7) is 3.66. The van der Waals surface area contributed by atoms with Gasteiger partial charge in [-0.05, 0) is 5.56 Å². The monoisotopic (exact) mass is 396 g/mol. The lowest BCUT2D eigenvalue weighted by Crippen LogP contribution is -2.62. The van der Waals surface area contributed by atoms with Crippen molar-refractivity contribution in [1.29, 1.82) is 0 Å². The number of hydrogen-bond donors (Lipinski definition) is 1. The Morgan fingerprint density at radius 1 is 0.893 bits per heavy atom. The predicted molar refractivity (Wildman–Crippen MR) is 93.6 cm³/mol. The van der Waals surface area contributed by atoms with Crippen LogP contribution in [0, 0.1) is 0 Å². The molecule has 154 valence electrons. The summed E-state index contributed by atoms with van der Waals surface area (Å²) in [6, 6.07) is 9.35. The van der Waals surface area contributed by atoms with E-state index in [0.29, 0.717) is 0 Å². The Bertz CT molecular complexity index is 675. The van der Waals surface area contributed by atoms with Gasteiger partial charge in [0, 0.05) is 20.8 Å². The molecule has 0 bridgehead atoms. The van der Waals surface area contributed by atoms with E-state index < -0.39 is 48.6 Å². The Balaban J connectivity index is 2.16. The maximum Gasteiger partial charge on any atom is 0.303 e. The average molecular weight is 396 g/mol. The van der Waals surface area contributed by atoms with Gasteiger partial charge in [-0.25, -0.2) is 0 Å². The maximum atomic E-state index is 11.6. The first kappa shape index (κ1) is 21.8. The number of aliphatic hydroxyl groups is 1. The Labute approximate surface area is 162 Å². The number of esters is 3. The molecule has 9 heteroatoms. The van der Waals surface area contributed by atoms with Crippen LogP contribution in [-0.4, -0.2) is 60.3 Å². The molecule has 1 aliphatic rings. The highest BCUT2D eigenvalue weighted by Gasteiger charge is 2.51. The zero-order chi connectivity index (χ0) is 20.7. The SMILES string of the molecule is CC(=O)OC1C(O)OC(COCc2ccccc2)C(OC(C)=O)C1OC(C)=O. The Kier molecular flexibility index (Phi) is 7.91. The lowest BCUT2D eigenvalue weighted by molar-refractivity contribution is -0.297. The van der Waals surface area contributed by atoms with Gasteiger partial charge in [0.05, 0.1) is 13.2 Å². The van der Waals surface area contributed by atoms with E-state index in [9.17, 15) is 19.5 Å². The molecule has 1 aromatic carbocycles. The van der Waals surface area contributed by atoms with E-state index in [0.717, 1.165) is 19.4 Å². The van der Waals surface area contributed by atoms with Crippen molar-refractivity contribution in [3.05, 3.63) is 35.9 Å². The normalized spacial score (nSPS) is 26.9. The van der Waals surface area contributed by atoms with Crippen LogP contribution < -0.4 is 0 Å². The van der Waals surface area contributed by atoms with Gasteiger partial charge in [-0.2, -0.15) is 0 Å². The first-order valence-electron chi connectivity index (χ1n) is 8.74. The third kappa shape index (κ3) is 6.29. The lowest BCUT2D eigenvalue weighted by atomic mass is 9.98. The zero-order valence-corrected chi connectivity index (χ0v) is 15.9. The van der Waals surface area contributed by atoms with Crippen LogP contribution in [0.4, 0.5) is 0 Å². The molecule has 9 nitrogen and oxygen atoms in total. The Morgan fingerprint density at radius 2 is 1.43 bits per heavy atom. The first-order chi connectivity index (χ1) is 13.3. The quantitative estimate of drug-likeness (QED) is 0.525. The summed E-state index contributed by atoms with van der Waals surface area (Å²) in [5.74, 6) is -2.07. The van der Waals surface area contributed by atoms with Crippen LogP contribution in [0.1, 0.15) is 26.3 Å². The average Bonchev–Trinajstić information content (AvgIpc) is 2.61. The van der Waals surface area contributed by atoms with Gasteiger partial charge in [-0.1, -0.05) is 30.3 Å². The van der Waals surface area contributed by atoms with Gasteiger partial charge in [-0.3, -0.25) is 14.4 Å². The predicted octanol–water partition coefficient (Wildman–Crippen LogP) is 0.715. The molecule has 2 rings (SSSR count). The van der Waals surface area contributed by atoms with E-state index in [1.807, 2.05) is 30.3 Å². The fourth-order valence-electron chi connectivity index (χ4n) is 2.87. The molecular formula is C19H24O9. The van der Waals surface area contributed by atoms with E-state index in [1.54, 1.807) is 0 Å². The number of carbonyl (C=O) groups is 3. The number of ether oxygens (including phenoxy) is 5. The highest BCUT2D eigenvalue weighted by molar-refractivity contribution is 5.68. The highest BCUT2D eigenvalue weighted by atomic mass is 16.7. The number of carbonyl (C=O) groups excluding carboxylic acids is 3. The van der Waals surface area contributed by atoms with Gasteiger partial charge in [0.1, 0.15) is 6.10 Å². The van der Waals surface area contributed by atoms with Crippen LogP contribution in [0.15, 0.2) is 30.3 Å². The van der Waals surface area contributed by atoms with Crippen LogP contribution in [-0.2, 0) is 44.7 Å². The molecule has 0 spiro atoms. The molecule has 0 saturated carbocycles. The summed E-state index contributed by atoms with van der Waals surface area (Å²) in [6.07, 6.45) is -6.27. The number of aliphatic hydroxyl groups excluding tert-OH is 1. The topological polar surface area (TPSA) is 118 Å². The minimum Gasteiger partial charge on any atom is -0.456 e. The van der Waals surface area contributed by atoms with Crippen LogP contribution in [0.2, 0.25) is 0 Å². The lowest BCUT2D eigenvalue weighted by Gasteiger charge is -2.42. The standard InChI is InChI=1S/C19H24O9/c1-11(20)25-16-15(10-24-9-14-7-5-4-6-8-14)28-19(23)18(27-13(3)22)17(16)26-12(2)21/h4-8,15-19,23H,9-10H2,1-3H3. The molecule has 1 heterocycles. The summed E-state index contributed by atoms with van der Waals surface area (Å²) in [5, 5.41) is 10.3. The van der Waals surface area contributed by atoms with Crippen molar-refractivity contribution in [2.45, 2.75) is 58.1 Å². The number of rotatable bonds is 7. The summed E-state index contributed by atoms with van der Waals surface area (Å²) < 4.78 is 26.5. The second-order valence-electron chi connectivity index (χ2n) is 6.29. The largest absolute Gasteiger partial charge is 0.456 e. The Morgan fingerprint density at radius 3 is 2.00 bits per heavy atom. The maximum absolute atomic E-state index is 11.6. The molecule has 5 atom stereocenters. The minimum absolute atomic E-state index is 0.0611. The second kappa shape index (κ2) is 10.2. The molecule has 1 saturated heterocycles. The van der Waals surface area contributed by atoms with Crippen LogP contribution in [0.3, 0.4) is 0 Å². The van der Waals surface area contributed by atoms with Gasteiger partial charge in [-0.15, -0.1) is 0 Å². The van der Waals surface area contributed by atoms with Gasteiger partial charge >= 0.3 is 17.9 Å². The summed E-state index contributed by atoms with van der Waals surface area (Å²) >= 11 is 0. The van der Waals surface area contributed by atoms with E-state index in [1.165, 1.54) is 6.92 Å². The molecular weight excluding hydrogens is 372 g/mol. The van der Waals surface area contributed by atoms with Crippen molar-refractivity contribution in [2.24, 2.45) is 0 Å². The third-order valence-electron chi connectivity index (χ3n) is 3.91. The molecule has 0 aromatic heterocycles. The zero-order valence-electron chi connectivity index (χ0n) is 15.9. The van der Waals surface area contributed by atoms with Gasteiger partial charge in [0.15, 0.2) is 24.6 Å². The van der Waals surface area contributed by atoms with E-state index in [2.05, 4.69) is 0 Å². The first-order valence-corrected chi connectivity index (χ1v) is 8.74. The highest BCUT2D eigenvalue weighted by Crippen LogP contribution is 2.28. The van der Waals surface area contributed by atoms with Gasteiger partial charge in [0.25, 0.3) is 0 Å². The summed E-state index contributed by atoms with van der Waals surface area (Å²) in [7, 11) is 0. The molecule has 28 heavy (non-hydrogen) atoms. The summed E-state index contributed by atoms with van der Waals surface area (Å²) in [4.78, 5) is 34.5. The van der Waals surface area contributed by atoms with Crippen molar-refractivity contribution < 1.29 is 43.2 Å². The fourth-order valence-corrected chi connectivity index (χ4v) is 2.87. The second-order valence-corrected chi connectivity index (χ2v) is 6.29. The molecule has 5 unspecified atom stereocenters. The van der Waals surface area contributed by atoms with Crippen molar-refractivity contribution >= 4 is 17.9 Å². The fraction of sp³-hybridized carbons (Fsp3) is 0.526. The van der Waals surface area contributed by atoms with Crippen molar-refractivity contribution in [3.8, 4) is 0 Å². The molecule has 0 amide bonds. The van der Waals surface area contributed by atoms with Crippen LogP contribution in [0.5, 0.6) is 0 Å². The van der Waals surface area contributed by atoms with Crippen LogP contribution >= 0.6 is 0 Å². The van der Waals surface area contributed by atoms with Crippen LogP contribution in [0.25, 0.3) is 0 Å². The van der Waals surface area contributed by atoms with E-state index in [4.69, 9.17) is 23.7 Å². The Hall–Kier alpha value is -2.49. The minimum atomic E-state index is -1.59. The smallest absolute Gasteiger partial charge is 0.303 e. The molecule has 0 aliphatic carbocycles. The molecule has 1 aliphatic heterocycles. The van der Waals surface area contributed by atoms with Crippen molar-refractivity contribution in [2.75, 3.05) is 6.61 Å². The number of hydrogen-bond acceptors (Lipinski definition) is 9. The molecule has 1 N–H and O–H groups in total. The van der Waals surface area contributed by atoms with E-state index in [-0.39, 0.29) is 13.2 Å². The molecule has 1 fully saturated rings.